The van der Waals surface area contributed by atoms with Crippen molar-refractivity contribution in [2.45, 2.75) is 341 Å². The van der Waals surface area contributed by atoms with Gasteiger partial charge in [0, 0.05) is 12.8 Å². The second kappa shape index (κ2) is 55.2. The van der Waals surface area contributed by atoms with Crippen molar-refractivity contribution in [3.63, 3.8) is 0 Å². The van der Waals surface area contributed by atoms with Crippen molar-refractivity contribution < 1.29 is 24.5 Å². The summed E-state index contributed by atoms with van der Waals surface area (Å²) in [6.07, 6.45) is 65.2. The maximum Gasteiger partial charge on any atom is 0.305 e. The molecule has 2 unspecified atom stereocenters. The summed E-state index contributed by atoms with van der Waals surface area (Å²) in [4.78, 5) is 24.5. The molecule has 0 aliphatic heterocycles. The van der Waals surface area contributed by atoms with Gasteiger partial charge in [-0.2, -0.15) is 0 Å². The Morgan fingerprint density at radius 1 is 0.415 bits per heavy atom. The standard InChI is InChI=1S/C59H115NO5/c1-3-5-7-9-11-13-15-17-18-21-25-29-33-37-41-45-49-53-59(64)65-54-50-46-42-38-34-30-26-23-20-19-22-24-28-32-36-40-44-48-52-58(63)60-56(55-61)57(62)51-47-43-39-35-31-27-16-14-12-10-8-6-4-2/h47,51,56-57,61-62H,3-46,48-50,52-55H2,1-2H3,(H,60,63)/b51-47+. The molecule has 6 heteroatoms. The van der Waals surface area contributed by atoms with E-state index in [1.807, 2.05) is 6.08 Å². The van der Waals surface area contributed by atoms with Crippen LogP contribution in [0.5, 0.6) is 0 Å². The van der Waals surface area contributed by atoms with Gasteiger partial charge >= 0.3 is 5.97 Å². The van der Waals surface area contributed by atoms with Crippen LogP contribution in [0.25, 0.3) is 0 Å². The van der Waals surface area contributed by atoms with E-state index >= 15 is 0 Å². The van der Waals surface area contributed by atoms with Gasteiger partial charge in [0.05, 0.1) is 25.4 Å². The predicted octanol–water partition coefficient (Wildman–Crippen LogP) is 18.1. The third-order valence-electron chi connectivity index (χ3n) is 13.8. The first-order valence-electron chi connectivity index (χ1n) is 29.5. The number of nitrogens with one attached hydrogen (secondary N) is 1. The maximum absolute atomic E-state index is 12.4. The molecule has 65 heavy (non-hydrogen) atoms. The van der Waals surface area contributed by atoms with E-state index in [9.17, 15) is 19.8 Å². The molecule has 0 radical (unpaired) electrons. The Morgan fingerprint density at radius 3 is 1.05 bits per heavy atom. The third-order valence-corrected chi connectivity index (χ3v) is 13.8. The highest BCUT2D eigenvalue weighted by Gasteiger charge is 2.18. The molecule has 3 N–H and O–H groups in total. The summed E-state index contributed by atoms with van der Waals surface area (Å²) in [5.74, 6) is -0.0599. The van der Waals surface area contributed by atoms with Gasteiger partial charge < -0.3 is 20.3 Å². The van der Waals surface area contributed by atoms with Gasteiger partial charge in [-0.05, 0) is 32.1 Å². The summed E-state index contributed by atoms with van der Waals surface area (Å²) < 4.78 is 5.49. The quantitative estimate of drug-likeness (QED) is 0.0321. The minimum absolute atomic E-state index is 0.0109. The molecule has 0 aromatic heterocycles. The van der Waals surface area contributed by atoms with E-state index in [1.54, 1.807) is 6.08 Å². The van der Waals surface area contributed by atoms with Crippen LogP contribution in [0.3, 0.4) is 0 Å². The lowest BCUT2D eigenvalue weighted by atomic mass is 10.0. The van der Waals surface area contributed by atoms with Gasteiger partial charge in [0.2, 0.25) is 5.91 Å². The van der Waals surface area contributed by atoms with Gasteiger partial charge in [-0.25, -0.2) is 0 Å². The lowest BCUT2D eigenvalue weighted by Crippen LogP contribution is -2.45. The van der Waals surface area contributed by atoms with E-state index in [-0.39, 0.29) is 18.5 Å². The van der Waals surface area contributed by atoms with Crippen LogP contribution >= 0.6 is 0 Å². The van der Waals surface area contributed by atoms with Gasteiger partial charge in [0.25, 0.3) is 0 Å². The summed E-state index contributed by atoms with van der Waals surface area (Å²) in [6.45, 7) is 4.91. The molecule has 0 saturated carbocycles. The lowest BCUT2D eigenvalue weighted by Gasteiger charge is -2.20. The summed E-state index contributed by atoms with van der Waals surface area (Å²) in [5.41, 5.74) is 0. The van der Waals surface area contributed by atoms with Crippen LogP contribution in [0.1, 0.15) is 328 Å². The highest BCUT2D eigenvalue weighted by Crippen LogP contribution is 2.17. The first kappa shape index (κ1) is 63.6. The van der Waals surface area contributed by atoms with Crippen molar-refractivity contribution in [3.8, 4) is 0 Å². The fourth-order valence-electron chi connectivity index (χ4n) is 9.28. The van der Waals surface area contributed by atoms with Gasteiger partial charge in [-0.1, -0.05) is 296 Å². The Bertz CT molecular complexity index is 970. The van der Waals surface area contributed by atoms with Crippen molar-refractivity contribution >= 4 is 11.9 Å². The van der Waals surface area contributed by atoms with E-state index in [0.29, 0.717) is 19.4 Å². The van der Waals surface area contributed by atoms with Crippen LogP contribution < -0.4 is 5.32 Å². The predicted molar refractivity (Wildman–Crippen MR) is 283 cm³/mol. The Kier molecular flexibility index (Phi) is 54.0. The number of rotatable bonds is 55. The zero-order chi connectivity index (χ0) is 47.2. The number of hydrogen-bond acceptors (Lipinski definition) is 5. The molecule has 0 aromatic rings. The highest BCUT2D eigenvalue weighted by atomic mass is 16.5. The number of amides is 1. The molecule has 0 fully saturated rings. The number of esters is 1. The number of ether oxygens (including phenoxy) is 1. The molecule has 2 atom stereocenters. The van der Waals surface area contributed by atoms with Crippen LogP contribution in [0, 0.1) is 0 Å². The monoisotopic (exact) mass is 918 g/mol. The normalized spacial score (nSPS) is 12.6. The molecule has 0 aromatic carbocycles. The Balaban J connectivity index is 3.39. The van der Waals surface area contributed by atoms with Crippen molar-refractivity contribution in [1.29, 1.82) is 0 Å². The van der Waals surface area contributed by atoms with Gasteiger partial charge in [0.1, 0.15) is 0 Å². The van der Waals surface area contributed by atoms with Crippen LogP contribution in [0.15, 0.2) is 12.2 Å². The number of hydrogen-bond donors (Lipinski definition) is 3. The number of carbonyl (C=O) groups is 2. The number of carbonyl (C=O) groups excluding carboxylic acids is 2. The first-order chi connectivity index (χ1) is 32.0. The minimum Gasteiger partial charge on any atom is -0.466 e. The summed E-state index contributed by atoms with van der Waals surface area (Å²) in [5, 5.41) is 23.1. The van der Waals surface area contributed by atoms with Crippen LogP contribution in [-0.4, -0.2) is 47.4 Å². The molecule has 6 nitrogen and oxygen atoms in total. The second-order valence-corrected chi connectivity index (χ2v) is 20.3. The molecular formula is C59H115NO5. The van der Waals surface area contributed by atoms with E-state index < -0.39 is 12.1 Å². The summed E-state index contributed by atoms with van der Waals surface area (Å²) >= 11 is 0. The van der Waals surface area contributed by atoms with E-state index in [2.05, 4.69) is 19.2 Å². The molecule has 0 heterocycles. The third kappa shape index (κ3) is 51.8. The van der Waals surface area contributed by atoms with Crippen LogP contribution in [-0.2, 0) is 14.3 Å². The number of aliphatic hydroxyl groups is 2. The van der Waals surface area contributed by atoms with Crippen molar-refractivity contribution in [3.05, 3.63) is 12.2 Å². The largest absolute Gasteiger partial charge is 0.466 e. The topological polar surface area (TPSA) is 95.9 Å². The summed E-state index contributed by atoms with van der Waals surface area (Å²) in [7, 11) is 0. The average molecular weight is 919 g/mol. The van der Waals surface area contributed by atoms with Gasteiger partial charge in [0.15, 0.2) is 0 Å². The van der Waals surface area contributed by atoms with Crippen molar-refractivity contribution in [2.24, 2.45) is 0 Å². The van der Waals surface area contributed by atoms with Crippen LogP contribution in [0.4, 0.5) is 0 Å². The lowest BCUT2D eigenvalue weighted by molar-refractivity contribution is -0.143. The Labute approximate surface area is 406 Å². The molecule has 0 spiro atoms. The highest BCUT2D eigenvalue weighted by molar-refractivity contribution is 5.76. The number of allylic oxidation sites excluding steroid dienone is 1. The fourth-order valence-corrected chi connectivity index (χ4v) is 9.28. The zero-order valence-electron chi connectivity index (χ0n) is 44.0. The average Bonchev–Trinajstić information content (AvgIpc) is 3.31. The molecule has 0 saturated heterocycles. The van der Waals surface area contributed by atoms with E-state index in [0.717, 1.165) is 38.5 Å². The van der Waals surface area contributed by atoms with Crippen molar-refractivity contribution in [1.82, 2.24) is 5.32 Å². The zero-order valence-corrected chi connectivity index (χ0v) is 44.0. The Morgan fingerprint density at radius 2 is 0.708 bits per heavy atom. The van der Waals surface area contributed by atoms with E-state index in [4.69, 9.17) is 4.74 Å². The molecule has 0 aliphatic carbocycles. The minimum atomic E-state index is -0.845. The summed E-state index contributed by atoms with van der Waals surface area (Å²) in [6, 6.07) is -0.629. The van der Waals surface area contributed by atoms with Crippen LogP contribution in [0.2, 0.25) is 0 Å². The molecule has 0 bridgehead atoms. The fraction of sp³-hybridized carbons (Fsp3) is 0.932. The molecule has 0 aliphatic rings. The molecule has 386 valence electrons. The molecule has 0 rings (SSSR count). The van der Waals surface area contributed by atoms with Gasteiger partial charge in [-0.15, -0.1) is 0 Å². The SMILES string of the molecule is CCCCCCCCCCCCC/C=C/C(O)C(CO)NC(=O)CCCCCCCCCCCCCCCCCCCCOC(=O)CCCCCCCCCCCCCCCCCCC. The molecular weight excluding hydrogens is 803 g/mol. The van der Waals surface area contributed by atoms with Crippen molar-refractivity contribution in [2.75, 3.05) is 13.2 Å². The molecule has 1 amide bonds. The number of aliphatic hydroxyl groups excluding tert-OH is 2. The smallest absolute Gasteiger partial charge is 0.305 e. The van der Waals surface area contributed by atoms with Gasteiger partial charge in [-0.3, -0.25) is 9.59 Å². The second-order valence-electron chi connectivity index (χ2n) is 20.3. The Hall–Kier alpha value is -1.40. The number of unbranched alkanes of at least 4 members (excludes halogenated alkanes) is 44. The maximum atomic E-state index is 12.4. The van der Waals surface area contributed by atoms with E-state index in [1.165, 1.54) is 263 Å². The first-order valence-corrected chi connectivity index (χ1v) is 29.5.